The van der Waals surface area contributed by atoms with Gasteiger partial charge in [0, 0.05) is 6.20 Å². The summed E-state index contributed by atoms with van der Waals surface area (Å²) in [5, 5.41) is 22.6. The zero-order valence-electron chi connectivity index (χ0n) is 8.07. The smallest absolute Gasteiger partial charge is 0.287 e. The molecule has 1 aromatic carbocycles. The molecule has 0 fully saturated rings. The SMILES string of the molecule is O=[N+]([O-])c1c(/C=N\O)ccc2ncccc12. The molecule has 1 N–H and O–H groups in total. The minimum absolute atomic E-state index is 0.108. The van der Waals surface area contributed by atoms with Gasteiger partial charge in [-0.15, -0.1) is 0 Å². The molecular weight excluding hydrogens is 210 g/mol. The van der Waals surface area contributed by atoms with E-state index in [0.29, 0.717) is 10.9 Å². The van der Waals surface area contributed by atoms with Gasteiger partial charge in [0.1, 0.15) is 0 Å². The number of hydrogen-bond acceptors (Lipinski definition) is 5. The topological polar surface area (TPSA) is 88.6 Å². The van der Waals surface area contributed by atoms with Crippen LogP contribution in [0, 0.1) is 10.1 Å². The molecule has 80 valence electrons. The van der Waals surface area contributed by atoms with Gasteiger partial charge in [-0.1, -0.05) is 5.16 Å². The van der Waals surface area contributed by atoms with Crippen LogP contribution in [-0.4, -0.2) is 21.3 Å². The number of nitrogens with zero attached hydrogens (tertiary/aromatic N) is 3. The fourth-order valence-corrected chi connectivity index (χ4v) is 1.52. The molecule has 0 amide bonds. The van der Waals surface area contributed by atoms with Crippen molar-refractivity contribution in [2.24, 2.45) is 5.16 Å². The quantitative estimate of drug-likeness (QED) is 0.360. The Morgan fingerprint density at radius 3 is 2.94 bits per heavy atom. The third kappa shape index (κ3) is 1.56. The van der Waals surface area contributed by atoms with Crippen LogP contribution in [0.1, 0.15) is 5.56 Å². The predicted octanol–water partition coefficient (Wildman–Crippen LogP) is 1.95. The minimum Gasteiger partial charge on any atom is -0.411 e. The average Bonchev–Trinajstić information content (AvgIpc) is 2.28. The molecule has 2 aromatic rings. The van der Waals surface area contributed by atoms with Crippen molar-refractivity contribution in [3.8, 4) is 0 Å². The molecule has 0 atom stereocenters. The van der Waals surface area contributed by atoms with Crippen LogP contribution in [0.25, 0.3) is 10.9 Å². The van der Waals surface area contributed by atoms with Crippen LogP contribution in [0.2, 0.25) is 0 Å². The van der Waals surface area contributed by atoms with Crippen LogP contribution in [0.5, 0.6) is 0 Å². The lowest BCUT2D eigenvalue weighted by Crippen LogP contribution is -1.96. The van der Waals surface area contributed by atoms with Crippen molar-refractivity contribution >= 4 is 22.8 Å². The van der Waals surface area contributed by atoms with Crippen molar-refractivity contribution in [1.82, 2.24) is 4.98 Å². The summed E-state index contributed by atoms with van der Waals surface area (Å²) in [4.78, 5) is 14.4. The van der Waals surface area contributed by atoms with E-state index >= 15 is 0 Å². The molecule has 0 saturated heterocycles. The van der Waals surface area contributed by atoms with Crippen LogP contribution in [0.3, 0.4) is 0 Å². The van der Waals surface area contributed by atoms with Gasteiger partial charge in [-0.3, -0.25) is 15.1 Å². The summed E-state index contributed by atoms with van der Waals surface area (Å²) in [5.41, 5.74) is 0.667. The zero-order chi connectivity index (χ0) is 11.5. The lowest BCUT2D eigenvalue weighted by molar-refractivity contribution is -0.383. The summed E-state index contributed by atoms with van der Waals surface area (Å²) < 4.78 is 0. The van der Waals surface area contributed by atoms with Gasteiger partial charge in [-0.25, -0.2) is 0 Å². The van der Waals surface area contributed by atoms with Crippen LogP contribution in [0.15, 0.2) is 35.6 Å². The van der Waals surface area contributed by atoms with E-state index in [2.05, 4.69) is 10.1 Å². The first-order valence-electron chi connectivity index (χ1n) is 4.43. The van der Waals surface area contributed by atoms with Gasteiger partial charge in [-0.2, -0.15) is 0 Å². The Hall–Kier alpha value is -2.50. The Morgan fingerprint density at radius 1 is 1.44 bits per heavy atom. The Labute approximate surface area is 90.0 Å². The number of nitro groups is 1. The van der Waals surface area contributed by atoms with E-state index in [1.54, 1.807) is 24.4 Å². The first-order valence-corrected chi connectivity index (χ1v) is 4.43. The van der Waals surface area contributed by atoms with Crippen molar-refractivity contribution in [2.45, 2.75) is 0 Å². The summed E-state index contributed by atoms with van der Waals surface area (Å²) in [6.07, 6.45) is 2.59. The number of oxime groups is 1. The van der Waals surface area contributed by atoms with Crippen LogP contribution in [-0.2, 0) is 0 Å². The predicted molar refractivity (Wildman–Crippen MR) is 57.8 cm³/mol. The van der Waals surface area contributed by atoms with E-state index in [-0.39, 0.29) is 11.3 Å². The first kappa shape index (κ1) is 10.0. The molecule has 0 aliphatic carbocycles. The third-order valence-corrected chi connectivity index (χ3v) is 2.17. The molecule has 6 nitrogen and oxygen atoms in total. The highest BCUT2D eigenvalue weighted by molar-refractivity contribution is 5.98. The van der Waals surface area contributed by atoms with Crippen molar-refractivity contribution in [3.05, 3.63) is 46.1 Å². The molecule has 0 bridgehead atoms. The van der Waals surface area contributed by atoms with E-state index in [1.807, 2.05) is 0 Å². The Bertz CT molecular complexity index is 581. The van der Waals surface area contributed by atoms with E-state index in [0.717, 1.165) is 6.21 Å². The molecule has 1 aromatic heterocycles. The second-order valence-electron chi connectivity index (χ2n) is 3.08. The first-order chi connectivity index (χ1) is 7.74. The Balaban J connectivity index is 2.84. The maximum absolute atomic E-state index is 10.9. The Kier molecular flexibility index (Phi) is 2.47. The highest BCUT2D eigenvalue weighted by Gasteiger charge is 2.17. The third-order valence-electron chi connectivity index (χ3n) is 2.17. The largest absolute Gasteiger partial charge is 0.411 e. The van der Waals surface area contributed by atoms with E-state index in [9.17, 15) is 10.1 Å². The molecule has 0 unspecified atom stereocenters. The maximum atomic E-state index is 10.9. The average molecular weight is 217 g/mol. The van der Waals surface area contributed by atoms with Crippen molar-refractivity contribution in [3.63, 3.8) is 0 Å². The van der Waals surface area contributed by atoms with Gasteiger partial charge in [0.25, 0.3) is 5.69 Å². The second-order valence-corrected chi connectivity index (χ2v) is 3.08. The molecule has 0 saturated carbocycles. The number of aromatic nitrogens is 1. The molecule has 2 rings (SSSR count). The standard InChI is InChI=1S/C10H7N3O3/c14-12-6-7-3-4-9-8(2-1-5-11-9)10(7)13(15)16/h1-6,14H/b12-6-. The van der Waals surface area contributed by atoms with Crippen LogP contribution < -0.4 is 0 Å². The normalized spacial score (nSPS) is 11.0. The van der Waals surface area contributed by atoms with E-state index in [4.69, 9.17) is 5.21 Å². The van der Waals surface area contributed by atoms with Gasteiger partial charge in [0.15, 0.2) is 0 Å². The summed E-state index contributed by atoms with van der Waals surface area (Å²) in [7, 11) is 0. The highest BCUT2D eigenvalue weighted by atomic mass is 16.6. The monoisotopic (exact) mass is 217 g/mol. The lowest BCUT2D eigenvalue weighted by Gasteiger charge is -2.01. The fraction of sp³-hybridized carbons (Fsp3) is 0. The Morgan fingerprint density at radius 2 is 2.25 bits per heavy atom. The van der Waals surface area contributed by atoms with Crippen LogP contribution >= 0.6 is 0 Å². The molecule has 0 aliphatic rings. The molecule has 16 heavy (non-hydrogen) atoms. The molecular formula is C10H7N3O3. The number of nitro benzene ring substituents is 1. The molecule has 0 aliphatic heterocycles. The van der Waals surface area contributed by atoms with Crippen molar-refractivity contribution in [1.29, 1.82) is 0 Å². The van der Waals surface area contributed by atoms with Crippen molar-refractivity contribution < 1.29 is 10.1 Å². The van der Waals surface area contributed by atoms with Gasteiger partial charge in [0.05, 0.1) is 27.6 Å². The van der Waals surface area contributed by atoms with E-state index < -0.39 is 4.92 Å². The van der Waals surface area contributed by atoms with Crippen molar-refractivity contribution in [2.75, 3.05) is 0 Å². The summed E-state index contributed by atoms with van der Waals surface area (Å²) >= 11 is 0. The van der Waals surface area contributed by atoms with Gasteiger partial charge in [-0.05, 0) is 24.3 Å². The number of rotatable bonds is 2. The van der Waals surface area contributed by atoms with Gasteiger partial charge < -0.3 is 5.21 Å². The molecule has 1 heterocycles. The molecule has 0 radical (unpaired) electrons. The maximum Gasteiger partial charge on any atom is 0.287 e. The zero-order valence-corrected chi connectivity index (χ0v) is 8.07. The summed E-state index contributed by atoms with van der Waals surface area (Å²) in [6.45, 7) is 0. The lowest BCUT2D eigenvalue weighted by atomic mass is 10.1. The van der Waals surface area contributed by atoms with E-state index in [1.165, 1.54) is 6.07 Å². The van der Waals surface area contributed by atoms with Gasteiger partial charge in [0.2, 0.25) is 0 Å². The molecule has 6 heteroatoms. The number of hydrogen-bond donors (Lipinski definition) is 1. The second kappa shape index (κ2) is 3.93. The minimum atomic E-state index is -0.513. The number of fused-ring (bicyclic) bond motifs is 1. The summed E-state index contributed by atoms with van der Waals surface area (Å²) in [5.74, 6) is 0. The summed E-state index contributed by atoms with van der Waals surface area (Å²) in [6, 6.07) is 6.36. The number of pyridine rings is 1. The van der Waals surface area contributed by atoms with Gasteiger partial charge >= 0.3 is 0 Å². The molecule has 0 spiro atoms. The number of benzene rings is 1. The van der Waals surface area contributed by atoms with Crippen LogP contribution in [0.4, 0.5) is 5.69 Å². The highest BCUT2D eigenvalue weighted by Crippen LogP contribution is 2.27. The fourth-order valence-electron chi connectivity index (χ4n) is 1.52.